The minimum Gasteiger partial charge on any atom is -0.316 e. The molecular formula is C17H18N4O. The van der Waals surface area contributed by atoms with Crippen molar-refractivity contribution in [3.8, 4) is 5.69 Å². The van der Waals surface area contributed by atoms with Gasteiger partial charge in [-0.1, -0.05) is 42.5 Å². The standard InChI is InChI=1S/C17H18N4O/c1-18-11-14-7-9-16(10-8-14)20-13-19-21(17(20)22)12-15-5-3-2-4-6-15/h2-10,13,18H,11-12H2,1H3. The summed E-state index contributed by atoms with van der Waals surface area (Å²) in [6.45, 7) is 1.28. The van der Waals surface area contributed by atoms with Gasteiger partial charge in [-0.15, -0.1) is 0 Å². The Bertz CT molecular complexity index is 788. The normalized spacial score (nSPS) is 10.8. The lowest BCUT2D eigenvalue weighted by molar-refractivity contribution is 0.653. The average Bonchev–Trinajstić information content (AvgIpc) is 2.91. The maximum absolute atomic E-state index is 12.4. The fraction of sp³-hybridized carbons (Fsp3) is 0.176. The Kier molecular flexibility index (Phi) is 4.16. The minimum absolute atomic E-state index is 0.134. The Morgan fingerprint density at radius 1 is 1.00 bits per heavy atom. The summed E-state index contributed by atoms with van der Waals surface area (Å²) in [4.78, 5) is 12.4. The highest BCUT2D eigenvalue weighted by Crippen LogP contribution is 2.08. The molecular weight excluding hydrogens is 276 g/mol. The molecule has 0 aliphatic heterocycles. The lowest BCUT2D eigenvalue weighted by atomic mass is 10.2. The molecule has 0 spiro atoms. The molecule has 0 fully saturated rings. The molecule has 112 valence electrons. The number of benzene rings is 2. The topological polar surface area (TPSA) is 51.9 Å². The number of rotatable bonds is 5. The van der Waals surface area contributed by atoms with Crippen molar-refractivity contribution in [3.05, 3.63) is 82.5 Å². The van der Waals surface area contributed by atoms with E-state index in [9.17, 15) is 4.79 Å². The summed E-state index contributed by atoms with van der Waals surface area (Å²) in [6.07, 6.45) is 1.57. The van der Waals surface area contributed by atoms with E-state index in [1.54, 1.807) is 10.9 Å². The Hall–Kier alpha value is -2.66. The van der Waals surface area contributed by atoms with Gasteiger partial charge in [0.25, 0.3) is 0 Å². The van der Waals surface area contributed by atoms with E-state index in [4.69, 9.17) is 0 Å². The van der Waals surface area contributed by atoms with Gasteiger partial charge in [-0.25, -0.2) is 14.0 Å². The Morgan fingerprint density at radius 3 is 2.41 bits per heavy atom. The van der Waals surface area contributed by atoms with Crippen LogP contribution >= 0.6 is 0 Å². The van der Waals surface area contributed by atoms with Crippen LogP contribution in [0.3, 0.4) is 0 Å². The highest BCUT2D eigenvalue weighted by Gasteiger charge is 2.07. The first-order valence-corrected chi connectivity index (χ1v) is 7.20. The van der Waals surface area contributed by atoms with Crippen molar-refractivity contribution >= 4 is 0 Å². The van der Waals surface area contributed by atoms with Crippen LogP contribution in [-0.2, 0) is 13.1 Å². The van der Waals surface area contributed by atoms with Crippen LogP contribution in [0.4, 0.5) is 0 Å². The van der Waals surface area contributed by atoms with Crippen molar-refractivity contribution in [2.75, 3.05) is 7.05 Å². The van der Waals surface area contributed by atoms with Gasteiger partial charge in [0.1, 0.15) is 6.33 Å². The molecule has 0 aliphatic carbocycles. The van der Waals surface area contributed by atoms with E-state index < -0.39 is 0 Å². The van der Waals surface area contributed by atoms with Gasteiger partial charge in [0.05, 0.1) is 12.2 Å². The van der Waals surface area contributed by atoms with Crippen molar-refractivity contribution in [3.63, 3.8) is 0 Å². The molecule has 2 aromatic carbocycles. The van der Waals surface area contributed by atoms with Gasteiger partial charge in [-0.2, -0.15) is 5.10 Å². The molecule has 0 saturated carbocycles. The molecule has 0 bridgehead atoms. The minimum atomic E-state index is -0.134. The molecule has 1 aromatic heterocycles. The second-order valence-electron chi connectivity index (χ2n) is 5.12. The molecule has 5 nitrogen and oxygen atoms in total. The van der Waals surface area contributed by atoms with E-state index in [0.29, 0.717) is 6.54 Å². The van der Waals surface area contributed by atoms with Gasteiger partial charge in [-0.05, 0) is 30.3 Å². The van der Waals surface area contributed by atoms with Gasteiger partial charge in [0.2, 0.25) is 0 Å². The summed E-state index contributed by atoms with van der Waals surface area (Å²) >= 11 is 0. The van der Waals surface area contributed by atoms with Crippen molar-refractivity contribution < 1.29 is 0 Å². The smallest absolute Gasteiger partial charge is 0.316 e. The highest BCUT2D eigenvalue weighted by atomic mass is 16.2. The molecule has 0 saturated heterocycles. The van der Waals surface area contributed by atoms with E-state index >= 15 is 0 Å². The number of nitrogens with zero attached hydrogens (tertiary/aromatic N) is 3. The van der Waals surface area contributed by atoms with Gasteiger partial charge in [0.15, 0.2) is 0 Å². The van der Waals surface area contributed by atoms with E-state index in [0.717, 1.165) is 17.8 Å². The van der Waals surface area contributed by atoms with Crippen LogP contribution in [0.2, 0.25) is 0 Å². The fourth-order valence-electron chi connectivity index (χ4n) is 2.36. The van der Waals surface area contributed by atoms with Crippen LogP contribution in [0.25, 0.3) is 5.69 Å². The van der Waals surface area contributed by atoms with Crippen LogP contribution in [0, 0.1) is 0 Å². The summed E-state index contributed by atoms with van der Waals surface area (Å²) in [5.41, 5.74) is 2.92. The number of aromatic nitrogens is 3. The fourth-order valence-corrected chi connectivity index (χ4v) is 2.36. The van der Waals surface area contributed by atoms with E-state index in [-0.39, 0.29) is 5.69 Å². The molecule has 1 heterocycles. The predicted octanol–water partition coefficient (Wildman–Crippen LogP) is 1.80. The monoisotopic (exact) mass is 294 g/mol. The van der Waals surface area contributed by atoms with Gasteiger partial charge >= 0.3 is 5.69 Å². The second-order valence-corrected chi connectivity index (χ2v) is 5.12. The lowest BCUT2D eigenvalue weighted by Gasteiger charge is -2.03. The summed E-state index contributed by atoms with van der Waals surface area (Å²) in [6, 6.07) is 17.7. The first kappa shape index (κ1) is 14.3. The predicted molar refractivity (Wildman–Crippen MR) is 86.1 cm³/mol. The van der Waals surface area contributed by atoms with Crippen molar-refractivity contribution in [2.45, 2.75) is 13.1 Å². The van der Waals surface area contributed by atoms with E-state index in [2.05, 4.69) is 10.4 Å². The third-order valence-corrected chi connectivity index (χ3v) is 3.50. The lowest BCUT2D eigenvalue weighted by Crippen LogP contribution is -2.24. The second kappa shape index (κ2) is 6.41. The molecule has 0 atom stereocenters. The third-order valence-electron chi connectivity index (χ3n) is 3.50. The Balaban J connectivity index is 1.85. The average molecular weight is 294 g/mol. The third kappa shape index (κ3) is 2.99. The zero-order valence-electron chi connectivity index (χ0n) is 12.4. The maximum Gasteiger partial charge on any atom is 0.350 e. The summed E-state index contributed by atoms with van der Waals surface area (Å²) < 4.78 is 3.03. The molecule has 1 N–H and O–H groups in total. The molecule has 0 aliphatic rings. The number of hydrogen-bond donors (Lipinski definition) is 1. The molecule has 0 unspecified atom stereocenters. The van der Waals surface area contributed by atoms with Gasteiger partial charge in [-0.3, -0.25) is 0 Å². The van der Waals surface area contributed by atoms with E-state index in [1.807, 2.05) is 61.6 Å². The van der Waals surface area contributed by atoms with Crippen molar-refractivity contribution in [2.24, 2.45) is 0 Å². The summed E-state index contributed by atoms with van der Waals surface area (Å²) in [7, 11) is 1.91. The quantitative estimate of drug-likeness (QED) is 0.780. The van der Waals surface area contributed by atoms with Crippen molar-refractivity contribution in [1.29, 1.82) is 0 Å². The number of hydrogen-bond acceptors (Lipinski definition) is 3. The largest absolute Gasteiger partial charge is 0.350 e. The van der Waals surface area contributed by atoms with Gasteiger partial charge in [0, 0.05) is 6.54 Å². The maximum atomic E-state index is 12.4. The van der Waals surface area contributed by atoms with Crippen LogP contribution < -0.4 is 11.0 Å². The molecule has 0 amide bonds. The zero-order chi connectivity index (χ0) is 15.4. The highest BCUT2D eigenvalue weighted by molar-refractivity contribution is 5.34. The molecule has 3 aromatic rings. The first-order chi connectivity index (χ1) is 10.8. The van der Waals surface area contributed by atoms with Crippen LogP contribution in [0.15, 0.2) is 65.7 Å². The molecule has 5 heteroatoms. The summed E-state index contributed by atoms with van der Waals surface area (Å²) in [5.74, 6) is 0. The SMILES string of the molecule is CNCc1ccc(-n2cnn(Cc3ccccc3)c2=O)cc1. The van der Waals surface area contributed by atoms with Crippen LogP contribution in [0.5, 0.6) is 0 Å². The first-order valence-electron chi connectivity index (χ1n) is 7.20. The van der Waals surface area contributed by atoms with E-state index in [1.165, 1.54) is 10.2 Å². The Morgan fingerprint density at radius 2 is 1.73 bits per heavy atom. The van der Waals surface area contributed by atoms with Crippen LogP contribution in [-0.4, -0.2) is 21.4 Å². The number of nitrogens with one attached hydrogen (secondary N) is 1. The Labute approximate surface area is 128 Å². The van der Waals surface area contributed by atoms with Gasteiger partial charge < -0.3 is 5.32 Å². The zero-order valence-corrected chi connectivity index (χ0v) is 12.4. The van der Waals surface area contributed by atoms with Crippen molar-refractivity contribution in [1.82, 2.24) is 19.7 Å². The molecule has 3 rings (SSSR count). The summed E-state index contributed by atoms with van der Waals surface area (Å²) in [5, 5.41) is 7.30. The molecule has 0 radical (unpaired) electrons. The van der Waals surface area contributed by atoms with Crippen LogP contribution in [0.1, 0.15) is 11.1 Å². The molecule has 22 heavy (non-hydrogen) atoms.